The maximum atomic E-state index is 12.7. The number of nitrogens with one attached hydrogen (secondary N) is 2. The zero-order valence-corrected chi connectivity index (χ0v) is 30.7. The number of rotatable bonds is 11. The standard InChI is InChI=1S/C39H52N8O5/c1-43(26-49)37-32(44(2)34-11-12-36(50)41-38(34)51)5-4-6-33(37)46-19-15-39(16-20-46)13-17-45(18-14-39)23-27-7-9-29(10-8-27)47-24-28-21-31(40-25-48)35(52-3)22-30(28)42-47/h4-6,21-22,24-27,29,34H,7-20,23H2,1-3H3,(H,40,48)(H,41,50,51). The number of carbonyl (C=O) groups excluding carboxylic acids is 4. The third-order valence-electron chi connectivity index (χ3n) is 12.4. The Bertz CT molecular complexity index is 1780. The largest absolute Gasteiger partial charge is 0.494 e. The minimum Gasteiger partial charge on any atom is -0.494 e. The Balaban J connectivity index is 0.919. The molecule has 13 heteroatoms. The van der Waals surface area contributed by atoms with Crippen molar-refractivity contribution < 1.29 is 23.9 Å². The number of imide groups is 1. The van der Waals surface area contributed by atoms with Gasteiger partial charge in [-0.1, -0.05) is 6.07 Å². The fraction of sp³-hybridized carbons (Fsp3) is 0.564. The molecular weight excluding hydrogens is 660 g/mol. The van der Waals surface area contributed by atoms with Crippen LogP contribution < -0.4 is 30.1 Å². The smallest absolute Gasteiger partial charge is 0.249 e. The summed E-state index contributed by atoms with van der Waals surface area (Å²) in [6.07, 6.45) is 13.7. The average molecular weight is 713 g/mol. The zero-order chi connectivity index (χ0) is 36.4. The van der Waals surface area contributed by atoms with Crippen molar-refractivity contribution in [1.82, 2.24) is 20.0 Å². The minimum absolute atomic E-state index is 0.238. The molecule has 278 valence electrons. The van der Waals surface area contributed by atoms with Crippen LogP contribution >= 0.6 is 0 Å². The summed E-state index contributed by atoms with van der Waals surface area (Å²) in [5.41, 5.74) is 4.51. The number of piperidine rings is 3. The van der Waals surface area contributed by atoms with Gasteiger partial charge in [-0.05, 0) is 100 Å². The third-order valence-corrected chi connectivity index (χ3v) is 12.4. The van der Waals surface area contributed by atoms with Crippen LogP contribution in [0.4, 0.5) is 22.7 Å². The van der Waals surface area contributed by atoms with E-state index in [0.717, 1.165) is 86.2 Å². The van der Waals surface area contributed by atoms with Gasteiger partial charge in [0.1, 0.15) is 11.8 Å². The number of hydrogen-bond donors (Lipinski definition) is 2. The van der Waals surface area contributed by atoms with Gasteiger partial charge >= 0.3 is 0 Å². The highest BCUT2D eigenvalue weighted by Crippen LogP contribution is 2.46. The first kappa shape index (κ1) is 35.7. The number of aromatic nitrogens is 2. The summed E-state index contributed by atoms with van der Waals surface area (Å²) in [5, 5.41) is 11.1. The SMILES string of the molecule is COc1cc2nn(C3CCC(CN4CCC5(CC4)CCN(c4cccc(N(C)C6CCC(=O)NC6=O)c4N(C)C=O)CC5)CC3)cc2cc1NC=O. The normalized spacial score (nSPS) is 23.7. The number of benzene rings is 2. The molecule has 1 unspecified atom stereocenters. The lowest BCUT2D eigenvalue weighted by Crippen LogP contribution is -2.51. The summed E-state index contributed by atoms with van der Waals surface area (Å²) in [7, 11) is 5.24. The van der Waals surface area contributed by atoms with E-state index in [1.807, 2.05) is 36.2 Å². The molecule has 4 fully saturated rings. The Morgan fingerprint density at radius 2 is 1.73 bits per heavy atom. The van der Waals surface area contributed by atoms with Crippen molar-refractivity contribution in [2.45, 2.75) is 76.3 Å². The Morgan fingerprint density at radius 3 is 2.40 bits per heavy atom. The molecule has 0 radical (unpaired) electrons. The van der Waals surface area contributed by atoms with E-state index < -0.39 is 6.04 Å². The first-order valence-electron chi connectivity index (χ1n) is 18.8. The van der Waals surface area contributed by atoms with Gasteiger partial charge in [-0.2, -0.15) is 5.10 Å². The molecule has 3 aliphatic heterocycles. The second-order valence-electron chi connectivity index (χ2n) is 15.4. The fourth-order valence-electron chi connectivity index (χ4n) is 9.19. The lowest BCUT2D eigenvalue weighted by Gasteiger charge is -2.48. The van der Waals surface area contributed by atoms with Crippen LogP contribution in [0.3, 0.4) is 0 Å². The van der Waals surface area contributed by atoms with Crippen molar-refractivity contribution in [3.63, 3.8) is 0 Å². The van der Waals surface area contributed by atoms with E-state index >= 15 is 0 Å². The molecule has 1 saturated carbocycles. The molecule has 1 aromatic heterocycles. The van der Waals surface area contributed by atoms with Crippen LogP contribution in [0.1, 0.15) is 70.3 Å². The highest BCUT2D eigenvalue weighted by molar-refractivity contribution is 6.03. The topological polar surface area (TPSA) is 132 Å². The summed E-state index contributed by atoms with van der Waals surface area (Å²) < 4.78 is 7.57. The molecule has 1 aliphatic carbocycles. The third kappa shape index (κ3) is 7.19. The Morgan fingerprint density at radius 1 is 1.00 bits per heavy atom. The number of ether oxygens (including phenoxy) is 1. The molecule has 2 N–H and O–H groups in total. The van der Waals surface area contributed by atoms with Crippen LogP contribution in [0.5, 0.6) is 5.75 Å². The van der Waals surface area contributed by atoms with E-state index in [2.05, 4.69) is 37.4 Å². The van der Waals surface area contributed by atoms with Gasteiger partial charge in [-0.25, -0.2) is 0 Å². The maximum absolute atomic E-state index is 12.7. The summed E-state index contributed by atoms with van der Waals surface area (Å²) >= 11 is 0. The Kier molecular flexibility index (Phi) is 10.4. The summed E-state index contributed by atoms with van der Waals surface area (Å²) in [6.45, 7) is 5.32. The highest BCUT2D eigenvalue weighted by Gasteiger charge is 2.39. The van der Waals surface area contributed by atoms with Crippen LogP contribution in [0.25, 0.3) is 10.9 Å². The van der Waals surface area contributed by atoms with Crippen molar-refractivity contribution in [2.75, 3.05) is 73.9 Å². The van der Waals surface area contributed by atoms with Crippen LogP contribution in [0.15, 0.2) is 36.5 Å². The molecule has 13 nitrogen and oxygen atoms in total. The van der Waals surface area contributed by atoms with Crippen LogP contribution in [0.2, 0.25) is 0 Å². The van der Waals surface area contributed by atoms with Gasteiger partial charge in [0, 0.05) is 57.8 Å². The molecule has 4 heterocycles. The second kappa shape index (κ2) is 15.1. The van der Waals surface area contributed by atoms with Gasteiger partial charge in [0.25, 0.3) is 0 Å². The number of carbonyl (C=O) groups is 4. The number of methoxy groups -OCH3 is 1. The van der Waals surface area contributed by atoms with Gasteiger partial charge in [-0.15, -0.1) is 0 Å². The van der Waals surface area contributed by atoms with Crippen LogP contribution in [-0.4, -0.2) is 99.3 Å². The Hall–Kier alpha value is -4.65. The molecular formula is C39H52N8O5. The quantitative estimate of drug-likeness (QED) is 0.217. The average Bonchev–Trinajstić information content (AvgIpc) is 3.58. The van der Waals surface area contributed by atoms with Gasteiger partial charge in [0.15, 0.2) is 0 Å². The first-order valence-corrected chi connectivity index (χ1v) is 18.8. The lowest BCUT2D eigenvalue weighted by molar-refractivity contribution is -0.134. The van der Waals surface area contributed by atoms with Gasteiger partial charge in [0.05, 0.1) is 41.4 Å². The van der Waals surface area contributed by atoms with E-state index in [9.17, 15) is 19.2 Å². The van der Waals surface area contributed by atoms with E-state index in [1.54, 1.807) is 19.1 Å². The van der Waals surface area contributed by atoms with Crippen molar-refractivity contribution in [1.29, 1.82) is 0 Å². The predicted molar refractivity (Wildman–Crippen MR) is 202 cm³/mol. The van der Waals surface area contributed by atoms with Gasteiger partial charge in [-0.3, -0.25) is 29.2 Å². The molecule has 3 aromatic rings. The van der Waals surface area contributed by atoms with E-state index in [1.165, 1.54) is 32.2 Å². The number of anilines is 4. The number of likely N-dealkylation sites (tertiary alicyclic amines) is 1. The number of amides is 4. The van der Waals surface area contributed by atoms with E-state index in [4.69, 9.17) is 9.84 Å². The molecule has 4 aliphatic rings. The number of likely N-dealkylation sites (N-methyl/N-ethyl adjacent to an activating group) is 1. The van der Waals surface area contributed by atoms with Crippen LogP contribution in [0, 0.1) is 11.3 Å². The number of nitrogens with zero attached hydrogens (tertiary/aromatic N) is 6. The zero-order valence-electron chi connectivity index (χ0n) is 30.7. The fourth-order valence-corrected chi connectivity index (χ4v) is 9.19. The van der Waals surface area contributed by atoms with E-state index in [0.29, 0.717) is 48.1 Å². The van der Waals surface area contributed by atoms with Gasteiger partial charge < -0.3 is 29.7 Å². The van der Waals surface area contributed by atoms with Crippen molar-refractivity contribution in [3.8, 4) is 5.75 Å². The van der Waals surface area contributed by atoms with Gasteiger partial charge in [0.2, 0.25) is 24.6 Å². The molecule has 3 saturated heterocycles. The molecule has 7 rings (SSSR count). The summed E-state index contributed by atoms with van der Waals surface area (Å²) in [5.74, 6) is 0.788. The van der Waals surface area contributed by atoms with Crippen molar-refractivity contribution in [3.05, 3.63) is 36.5 Å². The monoisotopic (exact) mass is 712 g/mol. The van der Waals surface area contributed by atoms with E-state index in [-0.39, 0.29) is 11.8 Å². The van der Waals surface area contributed by atoms with Crippen molar-refractivity contribution >= 4 is 58.3 Å². The maximum Gasteiger partial charge on any atom is 0.249 e. The Labute approximate surface area is 305 Å². The molecule has 1 atom stereocenters. The predicted octanol–water partition coefficient (Wildman–Crippen LogP) is 4.56. The first-order chi connectivity index (χ1) is 25.2. The number of hydrogen-bond acceptors (Lipinski definition) is 9. The molecule has 4 amide bonds. The summed E-state index contributed by atoms with van der Waals surface area (Å²) in [4.78, 5) is 56.3. The highest BCUT2D eigenvalue weighted by atomic mass is 16.5. The molecule has 1 spiro atoms. The minimum atomic E-state index is -0.471. The molecule has 2 aromatic carbocycles. The van der Waals surface area contributed by atoms with Crippen molar-refractivity contribution in [2.24, 2.45) is 11.3 Å². The molecule has 52 heavy (non-hydrogen) atoms. The summed E-state index contributed by atoms with van der Waals surface area (Å²) in [6, 6.07) is 9.78. The second-order valence-corrected chi connectivity index (χ2v) is 15.4. The van der Waals surface area contributed by atoms with Crippen LogP contribution in [-0.2, 0) is 19.2 Å². The number of para-hydroxylation sites is 1. The molecule has 0 bridgehead atoms. The lowest BCUT2D eigenvalue weighted by atomic mass is 9.71. The number of fused-ring (bicyclic) bond motifs is 1.